The Morgan fingerprint density at radius 3 is 2.70 bits per heavy atom. The third kappa shape index (κ3) is 4.44. The fourth-order valence-corrected chi connectivity index (χ4v) is 4.66. The molecular weight excluding hydrogens is 404 g/mol. The fourth-order valence-electron chi connectivity index (χ4n) is 3.25. The van der Waals surface area contributed by atoms with E-state index in [2.05, 4.69) is 5.32 Å². The maximum atomic E-state index is 12.9. The number of rotatable bonds is 7. The number of hydrogen-bond donors (Lipinski definition) is 1. The molecule has 0 saturated heterocycles. The van der Waals surface area contributed by atoms with Gasteiger partial charge in [0.2, 0.25) is 10.0 Å². The number of carbonyl (C=O) groups is 1. The minimum Gasteiger partial charge on any atom is -0.492 e. The summed E-state index contributed by atoms with van der Waals surface area (Å²) in [7, 11) is -2.17. The number of ether oxygens (including phenoxy) is 2. The lowest BCUT2D eigenvalue weighted by molar-refractivity contribution is 0.102. The van der Waals surface area contributed by atoms with Gasteiger partial charge in [0.1, 0.15) is 17.6 Å². The van der Waals surface area contributed by atoms with Crippen molar-refractivity contribution in [2.24, 2.45) is 0 Å². The SMILES string of the molecule is CCOc1cc2c(cc1NC(=O)c1cccc(S(=O)(=O)N(C)C(C)C)c1)O[C@H](C)C2. The number of anilines is 1. The summed E-state index contributed by atoms with van der Waals surface area (Å²) in [5.41, 5.74) is 1.77. The fraction of sp³-hybridized carbons (Fsp3) is 0.409. The van der Waals surface area contributed by atoms with Gasteiger partial charge in [-0.1, -0.05) is 6.07 Å². The van der Waals surface area contributed by atoms with Crippen LogP contribution in [-0.4, -0.2) is 44.4 Å². The van der Waals surface area contributed by atoms with Crippen molar-refractivity contribution in [1.29, 1.82) is 0 Å². The number of sulfonamides is 1. The molecule has 2 aromatic rings. The van der Waals surface area contributed by atoms with Gasteiger partial charge in [0.15, 0.2) is 0 Å². The van der Waals surface area contributed by atoms with Gasteiger partial charge in [0.25, 0.3) is 5.91 Å². The first-order chi connectivity index (χ1) is 14.1. The molecule has 162 valence electrons. The Bertz CT molecular complexity index is 1050. The lowest BCUT2D eigenvalue weighted by Crippen LogP contribution is -2.33. The summed E-state index contributed by atoms with van der Waals surface area (Å²) in [6.07, 6.45) is 0.854. The average molecular weight is 433 g/mol. The Balaban J connectivity index is 1.90. The van der Waals surface area contributed by atoms with E-state index in [1.54, 1.807) is 32.0 Å². The van der Waals surface area contributed by atoms with Gasteiger partial charge in [-0.2, -0.15) is 4.31 Å². The number of hydrogen-bond acceptors (Lipinski definition) is 5. The van der Waals surface area contributed by atoms with E-state index >= 15 is 0 Å². The number of carbonyl (C=O) groups excluding carboxylic acids is 1. The normalized spacial score (nSPS) is 15.8. The van der Waals surface area contributed by atoms with Crippen LogP contribution in [0.4, 0.5) is 5.69 Å². The van der Waals surface area contributed by atoms with E-state index in [0.29, 0.717) is 18.0 Å². The highest BCUT2D eigenvalue weighted by atomic mass is 32.2. The van der Waals surface area contributed by atoms with Gasteiger partial charge in [0.05, 0.1) is 17.2 Å². The Hall–Kier alpha value is -2.58. The van der Waals surface area contributed by atoms with E-state index < -0.39 is 15.9 Å². The highest BCUT2D eigenvalue weighted by Gasteiger charge is 2.25. The van der Waals surface area contributed by atoms with Crippen LogP contribution >= 0.6 is 0 Å². The number of fused-ring (bicyclic) bond motifs is 1. The van der Waals surface area contributed by atoms with E-state index in [1.807, 2.05) is 19.9 Å². The minimum absolute atomic E-state index is 0.0697. The average Bonchev–Trinajstić information content (AvgIpc) is 3.06. The largest absolute Gasteiger partial charge is 0.492 e. The molecular formula is C22H28N2O5S. The van der Waals surface area contributed by atoms with Crippen LogP contribution < -0.4 is 14.8 Å². The predicted octanol–water partition coefficient (Wildman–Crippen LogP) is 3.69. The standard InChI is InChI=1S/C22H28N2O5S/c1-6-28-21-12-17-10-15(4)29-20(17)13-19(21)23-22(25)16-8-7-9-18(11-16)30(26,27)24(5)14(2)3/h7-9,11-15H,6,10H2,1-5H3,(H,23,25)/t15-/m1/s1. The Kier molecular flexibility index (Phi) is 6.38. The van der Waals surface area contributed by atoms with Crippen molar-refractivity contribution >= 4 is 21.6 Å². The second kappa shape index (κ2) is 8.65. The summed E-state index contributed by atoms with van der Waals surface area (Å²) in [6.45, 7) is 7.89. The van der Waals surface area contributed by atoms with Crippen LogP contribution in [0.5, 0.6) is 11.5 Å². The number of benzene rings is 2. The van der Waals surface area contributed by atoms with E-state index in [-0.39, 0.29) is 22.6 Å². The number of nitrogens with one attached hydrogen (secondary N) is 1. The van der Waals surface area contributed by atoms with Crippen molar-refractivity contribution in [2.45, 2.75) is 51.2 Å². The number of nitrogens with zero attached hydrogens (tertiary/aromatic N) is 1. The van der Waals surface area contributed by atoms with Crippen LogP contribution in [0.3, 0.4) is 0 Å². The quantitative estimate of drug-likeness (QED) is 0.721. The first kappa shape index (κ1) is 22.1. The Morgan fingerprint density at radius 1 is 1.30 bits per heavy atom. The Morgan fingerprint density at radius 2 is 2.03 bits per heavy atom. The van der Waals surface area contributed by atoms with Gasteiger partial charge < -0.3 is 14.8 Å². The van der Waals surface area contributed by atoms with Crippen LogP contribution in [0.2, 0.25) is 0 Å². The molecule has 0 spiro atoms. The molecule has 1 aliphatic rings. The highest BCUT2D eigenvalue weighted by Crippen LogP contribution is 2.38. The summed E-state index contributed by atoms with van der Waals surface area (Å²) >= 11 is 0. The molecule has 1 atom stereocenters. The smallest absolute Gasteiger partial charge is 0.255 e. The van der Waals surface area contributed by atoms with Gasteiger partial charge in [-0.15, -0.1) is 0 Å². The van der Waals surface area contributed by atoms with Crippen LogP contribution in [0.15, 0.2) is 41.3 Å². The molecule has 3 rings (SSSR count). The molecule has 0 fully saturated rings. The molecule has 7 nitrogen and oxygen atoms in total. The van der Waals surface area contributed by atoms with Crippen molar-refractivity contribution in [3.8, 4) is 11.5 Å². The summed E-state index contributed by atoms with van der Waals surface area (Å²) in [4.78, 5) is 13.0. The molecule has 1 heterocycles. The van der Waals surface area contributed by atoms with Crippen LogP contribution in [0, 0.1) is 0 Å². The topological polar surface area (TPSA) is 84.9 Å². The van der Waals surface area contributed by atoms with Crippen molar-refractivity contribution in [3.63, 3.8) is 0 Å². The van der Waals surface area contributed by atoms with Gasteiger partial charge in [-0.3, -0.25) is 4.79 Å². The van der Waals surface area contributed by atoms with Crippen LogP contribution in [0.25, 0.3) is 0 Å². The lowest BCUT2D eigenvalue weighted by Gasteiger charge is -2.21. The van der Waals surface area contributed by atoms with Gasteiger partial charge in [-0.25, -0.2) is 8.42 Å². The zero-order valence-electron chi connectivity index (χ0n) is 17.9. The molecule has 0 saturated carbocycles. The van der Waals surface area contributed by atoms with Crippen molar-refractivity contribution in [1.82, 2.24) is 4.31 Å². The summed E-state index contributed by atoms with van der Waals surface area (Å²) in [5, 5.41) is 2.83. The zero-order chi connectivity index (χ0) is 22.1. The van der Waals surface area contributed by atoms with E-state index in [0.717, 1.165) is 17.7 Å². The molecule has 1 aliphatic heterocycles. The van der Waals surface area contributed by atoms with Crippen LogP contribution in [0.1, 0.15) is 43.6 Å². The van der Waals surface area contributed by atoms with Gasteiger partial charge >= 0.3 is 0 Å². The molecule has 0 aliphatic carbocycles. The second-order valence-electron chi connectivity index (χ2n) is 7.62. The molecule has 2 aromatic carbocycles. The molecule has 1 N–H and O–H groups in total. The molecule has 30 heavy (non-hydrogen) atoms. The summed E-state index contributed by atoms with van der Waals surface area (Å²) in [5.74, 6) is 0.855. The molecule has 1 amide bonds. The van der Waals surface area contributed by atoms with Crippen molar-refractivity contribution in [3.05, 3.63) is 47.5 Å². The third-order valence-electron chi connectivity index (χ3n) is 5.05. The summed E-state index contributed by atoms with van der Waals surface area (Å²) < 4.78 is 38.3. The van der Waals surface area contributed by atoms with E-state index in [9.17, 15) is 13.2 Å². The zero-order valence-corrected chi connectivity index (χ0v) is 18.7. The second-order valence-corrected chi connectivity index (χ2v) is 9.62. The molecule has 0 bridgehead atoms. The van der Waals surface area contributed by atoms with Gasteiger partial charge in [0, 0.05) is 36.7 Å². The van der Waals surface area contributed by atoms with Crippen molar-refractivity contribution in [2.75, 3.05) is 19.0 Å². The van der Waals surface area contributed by atoms with Crippen molar-refractivity contribution < 1.29 is 22.7 Å². The van der Waals surface area contributed by atoms with Gasteiger partial charge in [-0.05, 0) is 52.0 Å². The minimum atomic E-state index is -3.69. The molecule has 8 heteroatoms. The monoisotopic (exact) mass is 432 g/mol. The van der Waals surface area contributed by atoms with Crippen LogP contribution in [-0.2, 0) is 16.4 Å². The molecule has 0 unspecified atom stereocenters. The molecule has 0 radical (unpaired) electrons. The summed E-state index contributed by atoms with van der Waals surface area (Å²) in [6, 6.07) is 9.46. The maximum Gasteiger partial charge on any atom is 0.255 e. The van der Waals surface area contributed by atoms with E-state index in [4.69, 9.17) is 9.47 Å². The Labute approximate surface area is 178 Å². The molecule has 0 aromatic heterocycles. The predicted molar refractivity (Wildman–Crippen MR) is 116 cm³/mol. The third-order valence-corrected chi connectivity index (χ3v) is 7.08. The lowest BCUT2D eigenvalue weighted by atomic mass is 10.1. The first-order valence-electron chi connectivity index (χ1n) is 9.99. The maximum absolute atomic E-state index is 12.9. The first-order valence-corrected chi connectivity index (χ1v) is 11.4. The van der Waals surface area contributed by atoms with E-state index in [1.165, 1.54) is 23.5 Å². The highest BCUT2D eigenvalue weighted by molar-refractivity contribution is 7.89. The number of amides is 1.